The molecule has 0 aliphatic rings. The highest BCUT2D eigenvalue weighted by Crippen LogP contribution is 1.95. The summed E-state index contributed by atoms with van der Waals surface area (Å²) in [5, 5.41) is 23.4. The SMILES string of the molecule is CC#N.N#CCCCCC#N. The Hall–Kier alpha value is -1.53. The van der Waals surface area contributed by atoms with Gasteiger partial charge in [-0.3, -0.25) is 0 Å². The zero-order chi connectivity index (χ0) is 8.95. The van der Waals surface area contributed by atoms with Crippen LogP contribution in [0.1, 0.15) is 32.6 Å². The molecule has 0 aromatic heterocycles. The van der Waals surface area contributed by atoms with Gasteiger partial charge in [-0.25, -0.2) is 0 Å². The van der Waals surface area contributed by atoms with Gasteiger partial charge >= 0.3 is 0 Å². The molecule has 0 rings (SSSR count). The predicted octanol–water partition coefficient (Wildman–Crippen LogP) is 2.12. The van der Waals surface area contributed by atoms with Gasteiger partial charge in [0.1, 0.15) is 0 Å². The van der Waals surface area contributed by atoms with Crippen LogP contribution < -0.4 is 0 Å². The number of nitrogens with zero attached hydrogens (tertiary/aromatic N) is 3. The molecule has 0 aromatic rings. The van der Waals surface area contributed by atoms with E-state index in [1.165, 1.54) is 6.92 Å². The average molecular weight is 149 g/mol. The fraction of sp³-hybridized carbons (Fsp3) is 0.625. The molecule has 0 spiro atoms. The summed E-state index contributed by atoms with van der Waals surface area (Å²) in [7, 11) is 0. The van der Waals surface area contributed by atoms with Gasteiger partial charge in [-0.2, -0.15) is 15.8 Å². The lowest BCUT2D eigenvalue weighted by molar-refractivity contribution is 0.773. The molecule has 0 N–H and O–H groups in total. The van der Waals surface area contributed by atoms with Crippen LogP contribution >= 0.6 is 0 Å². The fourth-order valence-corrected chi connectivity index (χ4v) is 0.408. The van der Waals surface area contributed by atoms with Crippen molar-refractivity contribution < 1.29 is 0 Å². The number of nitriles is 3. The first-order valence-corrected chi connectivity index (χ1v) is 3.38. The Morgan fingerprint density at radius 2 is 1.18 bits per heavy atom. The van der Waals surface area contributed by atoms with E-state index >= 15 is 0 Å². The van der Waals surface area contributed by atoms with Crippen molar-refractivity contribution in [3.63, 3.8) is 0 Å². The summed E-state index contributed by atoms with van der Waals surface area (Å²) in [4.78, 5) is 0. The maximum absolute atomic E-state index is 8.03. The van der Waals surface area contributed by atoms with Crippen molar-refractivity contribution in [3.8, 4) is 18.2 Å². The summed E-state index contributed by atoms with van der Waals surface area (Å²) in [6.45, 7) is 1.43. The predicted molar refractivity (Wildman–Crippen MR) is 41.0 cm³/mol. The first kappa shape index (κ1) is 12.2. The van der Waals surface area contributed by atoms with E-state index in [2.05, 4.69) is 0 Å². The van der Waals surface area contributed by atoms with Crippen LogP contribution in [0.5, 0.6) is 0 Å². The van der Waals surface area contributed by atoms with Crippen molar-refractivity contribution in [3.05, 3.63) is 0 Å². The molecule has 0 aliphatic heterocycles. The highest BCUT2D eigenvalue weighted by molar-refractivity contribution is 4.72. The van der Waals surface area contributed by atoms with Crippen molar-refractivity contribution in [2.45, 2.75) is 32.6 Å². The summed E-state index contributed by atoms with van der Waals surface area (Å²) in [6.07, 6.45) is 2.90. The quantitative estimate of drug-likeness (QED) is 0.577. The Morgan fingerprint density at radius 3 is 1.36 bits per heavy atom. The summed E-state index contributed by atoms with van der Waals surface area (Å²) >= 11 is 0. The van der Waals surface area contributed by atoms with Gasteiger partial charge in [-0.05, 0) is 12.8 Å². The second kappa shape index (κ2) is 15.8. The monoisotopic (exact) mass is 149 g/mol. The maximum atomic E-state index is 8.03. The molecular weight excluding hydrogens is 138 g/mol. The van der Waals surface area contributed by atoms with Gasteiger partial charge < -0.3 is 0 Å². The minimum atomic E-state index is 0.585. The van der Waals surface area contributed by atoms with Gasteiger partial charge in [-0.15, -0.1) is 0 Å². The Bertz CT molecular complexity index is 161. The number of hydrogen-bond acceptors (Lipinski definition) is 3. The van der Waals surface area contributed by atoms with Crippen LogP contribution in [0.2, 0.25) is 0 Å². The molecule has 0 bridgehead atoms. The largest absolute Gasteiger partial charge is 0.199 e. The van der Waals surface area contributed by atoms with Crippen molar-refractivity contribution in [2.75, 3.05) is 0 Å². The van der Waals surface area contributed by atoms with Crippen LogP contribution in [-0.4, -0.2) is 0 Å². The van der Waals surface area contributed by atoms with Gasteiger partial charge in [0.05, 0.1) is 18.2 Å². The molecule has 0 radical (unpaired) electrons. The summed E-state index contributed by atoms with van der Waals surface area (Å²) in [5.74, 6) is 0. The van der Waals surface area contributed by atoms with Gasteiger partial charge in [0.25, 0.3) is 0 Å². The third-order valence-electron chi connectivity index (χ3n) is 0.827. The van der Waals surface area contributed by atoms with E-state index in [0.29, 0.717) is 12.8 Å². The van der Waals surface area contributed by atoms with Crippen LogP contribution in [0.25, 0.3) is 0 Å². The van der Waals surface area contributed by atoms with Crippen LogP contribution in [0.15, 0.2) is 0 Å². The lowest BCUT2D eigenvalue weighted by atomic mass is 10.2. The van der Waals surface area contributed by atoms with E-state index in [4.69, 9.17) is 15.8 Å². The second-order valence-electron chi connectivity index (χ2n) is 1.75. The van der Waals surface area contributed by atoms with E-state index in [1.807, 2.05) is 12.1 Å². The zero-order valence-corrected chi connectivity index (χ0v) is 6.67. The molecule has 58 valence electrons. The molecule has 0 atom stereocenters. The topological polar surface area (TPSA) is 71.4 Å². The Balaban J connectivity index is 0. The highest BCUT2D eigenvalue weighted by atomic mass is 14.2. The van der Waals surface area contributed by atoms with E-state index < -0.39 is 0 Å². The number of unbranched alkanes of at least 4 members (excludes halogenated alkanes) is 3. The van der Waals surface area contributed by atoms with Gasteiger partial charge in [0.2, 0.25) is 0 Å². The van der Waals surface area contributed by atoms with Crippen molar-refractivity contribution in [1.29, 1.82) is 15.8 Å². The molecule has 0 amide bonds. The van der Waals surface area contributed by atoms with E-state index in [0.717, 1.165) is 12.8 Å². The molecule has 0 saturated heterocycles. The lowest BCUT2D eigenvalue weighted by Gasteiger charge is -1.83. The third kappa shape index (κ3) is 29.4. The molecule has 0 saturated carbocycles. The van der Waals surface area contributed by atoms with Crippen LogP contribution in [-0.2, 0) is 0 Å². The third-order valence-corrected chi connectivity index (χ3v) is 0.827. The van der Waals surface area contributed by atoms with Gasteiger partial charge in [0.15, 0.2) is 0 Å². The first-order chi connectivity index (χ1) is 5.33. The van der Waals surface area contributed by atoms with Crippen molar-refractivity contribution >= 4 is 0 Å². The smallest absolute Gasteiger partial charge is 0.0621 e. The van der Waals surface area contributed by atoms with Crippen LogP contribution in [0, 0.1) is 34.0 Å². The highest BCUT2D eigenvalue weighted by Gasteiger charge is 1.83. The molecule has 0 aliphatic carbocycles. The maximum Gasteiger partial charge on any atom is 0.0621 e. The minimum Gasteiger partial charge on any atom is -0.199 e. The molecule has 11 heavy (non-hydrogen) atoms. The van der Waals surface area contributed by atoms with Gasteiger partial charge in [0, 0.05) is 19.8 Å². The van der Waals surface area contributed by atoms with Crippen molar-refractivity contribution in [1.82, 2.24) is 0 Å². The van der Waals surface area contributed by atoms with Crippen LogP contribution in [0.3, 0.4) is 0 Å². The number of rotatable bonds is 3. The number of hydrogen-bond donors (Lipinski definition) is 0. The average Bonchev–Trinajstić information content (AvgIpc) is 2.00. The van der Waals surface area contributed by atoms with E-state index in [-0.39, 0.29) is 0 Å². The summed E-state index contributed by atoms with van der Waals surface area (Å²) in [5.41, 5.74) is 0. The minimum absolute atomic E-state index is 0.585. The standard InChI is InChI=1S/C6H8N2.C2H3N/c7-5-3-1-2-4-6-8;1-2-3/h1-4H2;1H3. The zero-order valence-electron chi connectivity index (χ0n) is 6.67. The Labute approximate surface area is 67.5 Å². The van der Waals surface area contributed by atoms with Crippen molar-refractivity contribution in [2.24, 2.45) is 0 Å². The van der Waals surface area contributed by atoms with Gasteiger partial charge in [-0.1, -0.05) is 0 Å². The van der Waals surface area contributed by atoms with Crippen LogP contribution in [0.4, 0.5) is 0 Å². The molecule has 3 nitrogen and oxygen atoms in total. The molecule has 0 heterocycles. The molecular formula is C8H11N3. The fourth-order valence-electron chi connectivity index (χ4n) is 0.408. The lowest BCUT2D eigenvalue weighted by Crippen LogP contribution is -1.70. The van der Waals surface area contributed by atoms with E-state index in [1.54, 1.807) is 6.07 Å². The molecule has 0 fully saturated rings. The first-order valence-electron chi connectivity index (χ1n) is 3.38. The summed E-state index contributed by atoms with van der Waals surface area (Å²) < 4.78 is 0. The summed E-state index contributed by atoms with van der Waals surface area (Å²) in [6, 6.07) is 5.78. The Morgan fingerprint density at radius 1 is 0.909 bits per heavy atom. The normalized spacial score (nSPS) is 6.00. The molecule has 3 heteroatoms. The second-order valence-corrected chi connectivity index (χ2v) is 1.75. The molecule has 0 unspecified atom stereocenters. The molecule has 0 aromatic carbocycles. The van der Waals surface area contributed by atoms with E-state index in [9.17, 15) is 0 Å². The Kier molecular flexibility index (Phi) is 17.5.